The second-order valence-electron chi connectivity index (χ2n) is 9.18. The van der Waals surface area contributed by atoms with E-state index in [1.165, 1.54) is 4.90 Å². The Morgan fingerprint density at radius 1 is 0.879 bits per heavy atom. The normalized spacial score (nSPS) is 21.3. The van der Waals surface area contributed by atoms with Crippen LogP contribution in [0, 0.1) is 0 Å². The van der Waals surface area contributed by atoms with Crippen molar-refractivity contribution in [2.75, 3.05) is 6.54 Å². The molecule has 2 fully saturated rings. The van der Waals surface area contributed by atoms with Crippen LogP contribution in [0.5, 0.6) is 0 Å². The van der Waals surface area contributed by atoms with Crippen molar-refractivity contribution in [2.24, 2.45) is 0 Å². The molecule has 8 heteroatoms. The summed E-state index contributed by atoms with van der Waals surface area (Å²) in [5, 5.41) is 8.59. The number of amides is 3. The first-order valence-electron chi connectivity index (χ1n) is 11.8. The van der Waals surface area contributed by atoms with E-state index in [9.17, 15) is 14.4 Å². The first-order chi connectivity index (χ1) is 16.1. The molecule has 1 saturated carbocycles. The minimum atomic E-state index is -0.266. The van der Waals surface area contributed by atoms with Gasteiger partial charge in [-0.2, -0.15) is 0 Å². The third-order valence-electron chi connectivity index (χ3n) is 7.26. The quantitative estimate of drug-likeness (QED) is 0.577. The van der Waals surface area contributed by atoms with Crippen LogP contribution in [0.25, 0.3) is 5.65 Å². The highest BCUT2D eigenvalue weighted by Gasteiger charge is 2.41. The van der Waals surface area contributed by atoms with Crippen molar-refractivity contribution in [1.29, 1.82) is 0 Å². The zero-order chi connectivity index (χ0) is 22.5. The van der Waals surface area contributed by atoms with Crippen LogP contribution in [0.4, 0.5) is 0 Å². The summed E-state index contributed by atoms with van der Waals surface area (Å²) >= 11 is 0. The van der Waals surface area contributed by atoms with Gasteiger partial charge in [0.1, 0.15) is 0 Å². The van der Waals surface area contributed by atoms with E-state index in [1.54, 1.807) is 18.2 Å². The number of nitrogens with zero attached hydrogens (tertiary/aromatic N) is 5. The zero-order valence-corrected chi connectivity index (χ0v) is 18.3. The summed E-state index contributed by atoms with van der Waals surface area (Å²) < 4.78 is 1.92. The highest BCUT2D eigenvalue weighted by Crippen LogP contribution is 2.35. The van der Waals surface area contributed by atoms with Gasteiger partial charge in [-0.25, -0.2) is 0 Å². The molecule has 3 aliphatic rings. The summed E-state index contributed by atoms with van der Waals surface area (Å²) in [5.41, 5.74) is 1.93. The maximum absolute atomic E-state index is 13.5. The summed E-state index contributed by atoms with van der Waals surface area (Å²) in [7, 11) is 0. The number of likely N-dealkylation sites (tertiary alicyclic amines) is 1. The average molecular weight is 444 g/mol. The van der Waals surface area contributed by atoms with Gasteiger partial charge in [0.15, 0.2) is 11.5 Å². The zero-order valence-electron chi connectivity index (χ0n) is 18.3. The van der Waals surface area contributed by atoms with Crippen molar-refractivity contribution in [3.8, 4) is 0 Å². The summed E-state index contributed by atoms with van der Waals surface area (Å²) in [6.45, 7) is 0.614. The van der Waals surface area contributed by atoms with Gasteiger partial charge >= 0.3 is 0 Å². The van der Waals surface area contributed by atoms with E-state index in [-0.39, 0.29) is 29.8 Å². The van der Waals surface area contributed by atoms with Crippen molar-refractivity contribution in [1.82, 2.24) is 24.4 Å². The van der Waals surface area contributed by atoms with Gasteiger partial charge in [-0.1, -0.05) is 25.3 Å². The molecule has 1 saturated heterocycles. The van der Waals surface area contributed by atoms with Gasteiger partial charge in [-0.05, 0) is 56.0 Å². The molecule has 0 unspecified atom stereocenters. The standard InChI is InChI=1S/C25H25N5O3/c31-23(28-14-6-9-20(28)22-27-26-21-10-4-5-13-29(21)22)16-11-12-18-19(15-16)25(33)30(24(18)32)17-7-2-1-3-8-17/h4-5,10-13,15,17,20H,1-3,6-9,14H2/t20-/m0/s1. The van der Waals surface area contributed by atoms with Crippen molar-refractivity contribution < 1.29 is 14.4 Å². The van der Waals surface area contributed by atoms with Crippen LogP contribution in [-0.2, 0) is 0 Å². The second-order valence-corrected chi connectivity index (χ2v) is 9.18. The Labute approximate surface area is 191 Å². The van der Waals surface area contributed by atoms with Crippen LogP contribution >= 0.6 is 0 Å². The number of imide groups is 1. The molecule has 1 aromatic carbocycles. The molecule has 8 nitrogen and oxygen atoms in total. The van der Waals surface area contributed by atoms with E-state index in [2.05, 4.69) is 10.2 Å². The molecule has 1 aliphatic carbocycles. The second kappa shape index (κ2) is 7.79. The first kappa shape index (κ1) is 20.1. The smallest absolute Gasteiger partial charge is 0.261 e. The van der Waals surface area contributed by atoms with Crippen LogP contribution < -0.4 is 0 Å². The third-order valence-corrected chi connectivity index (χ3v) is 7.26. The molecule has 0 N–H and O–H groups in total. The largest absolute Gasteiger partial charge is 0.328 e. The maximum Gasteiger partial charge on any atom is 0.261 e. The number of hydrogen-bond acceptors (Lipinski definition) is 5. The molecule has 0 bridgehead atoms. The predicted molar refractivity (Wildman–Crippen MR) is 120 cm³/mol. The molecule has 6 rings (SSSR count). The lowest BCUT2D eigenvalue weighted by molar-refractivity contribution is 0.0548. The number of pyridine rings is 1. The molecule has 1 atom stereocenters. The topological polar surface area (TPSA) is 87.9 Å². The number of carbonyl (C=O) groups is 3. The molecular weight excluding hydrogens is 418 g/mol. The minimum absolute atomic E-state index is 0.0329. The highest BCUT2D eigenvalue weighted by molar-refractivity contribution is 6.22. The molecular formula is C25H25N5O3. The predicted octanol–water partition coefficient (Wildman–Crippen LogP) is 3.64. The van der Waals surface area contributed by atoms with Crippen molar-refractivity contribution in [3.05, 3.63) is 65.1 Å². The lowest BCUT2D eigenvalue weighted by atomic mass is 9.94. The molecule has 2 aliphatic heterocycles. The molecule has 0 spiro atoms. The Morgan fingerprint density at radius 2 is 1.70 bits per heavy atom. The van der Waals surface area contributed by atoms with Crippen LogP contribution in [0.1, 0.15) is 87.9 Å². The van der Waals surface area contributed by atoms with E-state index in [0.717, 1.165) is 56.4 Å². The van der Waals surface area contributed by atoms with Crippen LogP contribution in [0.2, 0.25) is 0 Å². The number of rotatable bonds is 3. The Hall–Kier alpha value is -3.55. The Bertz CT molecular complexity index is 1280. The van der Waals surface area contributed by atoms with Gasteiger partial charge < -0.3 is 4.90 Å². The molecule has 4 heterocycles. The fraction of sp³-hybridized carbons (Fsp3) is 0.400. The summed E-state index contributed by atoms with van der Waals surface area (Å²) in [4.78, 5) is 42.9. The van der Waals surface area contributed by atoms with Crippen molar-refractivity contribution in [2.45, 2.75) is 57.0 Å². The summed E-state index contributed by atoms with van der Waals surface area (Å²) in [6, 6.07) is 10.4. The van der Waals surface area contributed by atoms with Crippen molar-refractivity contribution in [3.63, 3.8) is 0 Å². The van der Waals surface area contributed by atoms with E-state index in [4.69, 9.17) is 0 Å². The first-order valence-corrected chi connectivity index (χ1v) is 11.8. The summed E-state index contributed by atoms with van der Waals surface area (Å²) in [6.07, 6.45) is 8.53. The van der Waals surface area contributed by atoms with Crippen molar-refractivity contribution >= 4 is 23.4 Å². The number of hydrogen-bond donors (Lipinski definition) is 0. The highest BCUT2D eigenvalue weighted by atomic mass is 16.2. The summed E-state index contributed by atoms with van der Waals surface area (Å²) in [5.74, 6) is 0.101. The Balaban J connectivity index is 1.29. The number of fused-ring (bicyclic) bond motifs is 2. The van der Waals surface area contributed by atoms with E-state index in [0.29, 0.717) is 23.2 Å². The van der Waals surface area contributed by atoms with Gasteiger partial charge in [0, 0.05) is 24.3 Å². The van der Waals surface area contributed by atoms with Crippen LogP contribution in [0.15, 0.2) is 42.6 Å². The molecule has 2 aromatic heterocycles. The average Bonchev–Trinajstić information content (AvgIpc) is 3.56. The van der Waals surface area contributed by atoms with E-state index >= 15 is 0 Å². The molecule has 3 amide bonds. The number of carbonyl (C=O) groups excluding carboxylic acids is 3. The van der Waals surface area contributed by atoms with Gasteiger partial charge in [0.2, 0.25) is 0 Å². The fourth-order valence-corrected chi connectivity index (χ4v) is 5.59. The molecule has 3 aromatic rings. The molecule has 33 heavy (non-hydrogen) atoms. The molecule has 0 radical (unpaired) electrons. The number of benzene rings is 1. The van der Waals surface area contributed by atoms with Gasteiger partial charge in [-0.3, -0.25) is 23.7 Å². The molecule has 168 valence electrons. The van der Waals surface area contributed by atoms with E-state index < -0.39 is 0 Å². The minimum Gasteiger partial charge on any atom is -0.328 e. The van der Waals surface area contributed by atoms with Gasteiger partial charge in [0.05, 0.1) is 17.2 Å². The fourth-order valence-electron chi connectivity index (χ4n) is 5.59. The monoisotopic (exact) mass is 443 g/mol. The van der Waals surface area contributed by atoms with E-state index in [1.807, 2.05) is 33.7 Å². The van der Waals surface area contributed by atoms with Gasteiger partial charge in [-0.15, -0.1) is 10.2 Å². The van der Waals surface area contributed by atoms with Crippen LogP contribution in [0.3, 0.4) is 0 Å². The van der Waals surface area contributed by atoms with Crippen LogP contribution in [-0.4, -0.2) is 54.7 Å². The lowest BCUT2D eigenvalue weighted by Gasteiger charge is -2.29. The number of aromatic nitrogens is 3. The third kappa shape index (κ3) is 3.15. The Morgan fingerprint density at radius 3 is 2.55 bits per heavy atom. The lowest BCUT2D eigenvalue weighted by Crippen LogP contribution is -2.40. The maximum atomic E-state index is 13.5. The van der Waals surface area contributed by atoms with Gasteiger partial charge in [0.25, 0.3) is 17.7 Å². The Kier molecular flexibility index (Phi) is 4.74. The SMILES string of the molecule is O=C1c2ccc(C(=O)N3CCC[C@H]3c3nnc4ccccn34)cc2C(=O)N1C1CCCCC1.